The van der Waals surface area contributed by atoms with E-state index in [2.05, 4.69) is 24.0 Å². The number of carbonyl (C=O) groups excluding carboxylic acids is 1. The fourth-order valence-corrected chi connectivity index (χ4v) is 3.35. The van der Waals surface area contributed by atoms with Gasteiger partial charge in [0.25, 0.3) is 5.91 Å². The topological polar surface area (TPSA) is 38.3 Å². The van der Waals surface area contributed by atoms with Crippen LogP contribution in [0, 0.1) is 0 Å². The molecule has 0 aromatic heterocycles. The number of aryl methyl sites for hydroxylation is 1. The van der Waals surface area contributed by atoms with Gasteiger partial charge in [0.1, 0.15) is 5.75 Å². The summed E-state index contributed by atoms with van der Waals surface area (Å²) in [4.78, 5) is 13.4. The van der Waals surface area contributed by atoms with Gasteiger partial charge in [-0.05, 0) is 56.5 Å². The monoisotopic (exact) mass is 369 g/mol. The Bertz CT molecular complexity index is 728. The predicted molar refractivity (Wildman–Crippen MR) is 110 cm³/mol. The molecule has 4 heteroatoms. The minimum absolute atomic E-state index is 0.0194. The van der Waals surface area contributed by atoms with Crippen molar-refractivity contribution in [1.82, 2.24) is 5.32 Å². The summed E-state index contributed by atoms with van der Waals surface area (Å²) >= 11 is 1.63. The molecule has 0 fully saturated rings. The molecule has 0 atom stereocenters. The lowest BCUT2D eigenvalue weighted by molar-refractivity contribution is 0.0950. The van der Waals surface area contributed by atoms with E-state index in [0.29, 0.717) is 6.54 Å². The number of ether oxygens (including phenoxy) is 1. The van der Waals surface area contributed by atoms with Crippen LogP contribution in [0.1, 0.15) is 36.2 Å². The van der Waals surface area contributed by atoms with Crippen LogP contribution in [-0.2, 0) is 6.42 Å². The second-order valence-corrected chi connectivity index (χ2v) is 7.33. The van der Waals surface area contributed by atoms with Gasteiger partial charge in [0.2, 0.25) is 0 Å². The van der Waals surface area contributed by atoms with Crippen molar-refractivity contribution in [2.24, 2.45) is 0 Å². The van der Waals surface area contributed by atoms with E-state index in [1.165, 1.54) is 5.56 Å². The first-order chi connectivity index (χ1) is 12.6. The first-order valence-electron chi connectivity index (χ1n) is 8.96. The molecule has 3 nitrogen and oxygen atoms in total. The third kappa shape index (κ3) is 6.60. The van der Waals surface area contributed by atoms with Crippen molar-refractivity contribution in [3.05, 3.63) is 72.3 Å². The minimum Gasteiger partial charge on any atom is -0.491 e. The Balaban J connectivity index is 1.83. The van der Waals surface area contributed by atoms with Gasteiger partial charge in [-0.1, -0.05) is 30.3 Å². The van der Waals surface area contributed by atoms with Crippen LogP contribution in [0.4, 0.5) is 0 Å². The average molecular weight is 370 g/mol. The molecule has 0 heterocycles. The van der Waals surface area contributed by atoms with Gasteiger partial charge in [-0.25, -0.2) is 0 Å². The number of rotatable bonds is 10. The highest BCUT2D eigenvalue weighted by Crippen LogP contribution is 2.22. The zero-order chi connectivity index (χ0) is 18.8. The molecule has 26 heavy (non-hydrogen) atoms. The van der Waals surface area contributed by atoms with Crippen molar-refractivity contribution >= 4 is 17.7 Å². The van der Waals surface area contributed by atoms with E-state index in [-0.39, 0.29) is 12.0 Å². The van der Waals surface area contributed by atoms with Crippen molar-refractivity contribution in [1.29, 1.82) is 0 Å². The molecule has 2 aromatic rings. The Hall–Kier alpha value is -2.20. The quantitative estimate of drug-likeness (QED) is 0.359. The summed E-state index contributed by atoms with van der Waals surface area (Å²) in [5.41, 5.74) is 1.95. The van der Waals surface area contributed by atoms with E-state index in [0.717, 1.165) is 34.8 Å². The van der Waals surface area contributed by atoms with Gasteiger partial charge in [0.15, 0.2) is 0 Å². The highest BCUT2D eigenvalue weighted by molar-refractivity contribution is 7.99. The summed E-state index contributed by atoms with van der Waals surface area (Å²) in [5, 5.41) is 3.02. The molecule has 2 rings (SSSR count). The number of carbonyl (C=O) groups is 1. The van der Waals surface area contributed by atoms with E-state index in [4.69, 9.17) is 4.74 Å². The fourth-order valence-electron chi connectivity index (χ4n) is 2.56. The number of hydrogen-bond donors (Lipinski definition) is 1. The van der Waals surface area contributed by atoms with Crippen LogP contribution in [0.3, 0.4) is 0 Å². The van der Waals surface area contributed by atoms with Crippen molar-refractivity contribution in [3.8, 4) is 5.75 Å². The molecule has 1 N–H and O–H groups in total. The summed E-state index contributed by atoms with van der Waals surface area (Å²) in [6, 6.07) is 15.8. The Morgan fingerprint density at radius 3 is 2.81 bits per heavy atom. The molecule has 0 saturated heterocycles. The zero-order valence-electron chi connectivity index (χ0n) is 15.5. The smallest absolute Gasteiger partial charge is 0.252 e. The van der Waals surface area contributed by atoms with Gasteiger partial charge in [0.05, 0.1) is 11.7 Å². The van der Waals surface area contributed by atoms with Crippen molar-refractivity contribution < 1.29 is 9.53 Å². The summed E-state index contributed by atoms with van der Waals surface area (Å²) in [6.07, 6.45) is 3.81. The second-order valence-electron chi connectivity index (χ2n) is 6.27. The Labute approximate surface area is 160 Å². The lowest BCUT2D eigenvalue weighted by atomic mass is 10.1. The van der Waals surface area contributed by atoms with E-state index in [1.807, 2.05) is 56.3 Å². The Morgan fingerprint density at radius 1 is 1.23 bits per heavy atom. The number of benzene rings is 2. The molecule has 0 radical (unpaired) electrons. The van der Waals surface area contributed by atoms with E-state index < -0.39 is 0 Å². The number of nitrogens with one attached hydrogen (secondary N) is 1. The van der Waals surface area contributed by atoms with E-state index in [9.17, 15) is 4.79 Å². The molecule has 2 aromatic carbocycles. The van der Waals surface area contributed by atoms with Crippen LogP contribution < -0.4 is 10.1 Å². The van der Waals surface area contributed by atoms with Crippen molar-refractivity contribution in [2.75, 3.05) is 12.3 Å². The van der Waals surface area contributed by atoms with Gasteiger partial charge in [-0.15, -0.1) is 18.3 Å². The standard InChI is InChI=1S/C22H27NO2S/c1-4-15-26-21-13-6-5-12-20(21)22(24)23-14-8-10-18-9-7-11-19(16-18)25-17(2)3/h4-7,9,11-13,16-17H,1,8,10,14-15H2,2-3H3,(H,23,24). The SMILES string of the molecule is C=CCSc1ccccc1C(=O)NCCCc1cccc(OC(C)C)c1. The zero-order valence-corrected chi connectivity index (χ0v) is 16.4. The molecular weight excluding hydrogens is 342 g/mol. The molecule has 0 bridgehead atoms. The van der Waals surface area contributed by atoms with Crippen LogP contribution in [-0.4, -0.2) is 24.3 Å². The lowest BCUT2D eigenvalue weighted by Gasteiger charge is -2.11. The third-order valence-corrected chi connectivity index (χ3v) is 4.76. The maximum absolute atomic E-state index is 12.4. The molecule has 0 aliphatic carbocycles. The van der Waals surface area contributed by atoms with E-state index in [1.54, 1.807) is 11.8 Å². The molecule has 0 aliphatic heterocycles. The average Bonchev–Trinajstić information content (AvgIpc) is 2.63. The fraction of sp³-hybridized carbons (Fsp3) is 0.318. The predicted octanol–water partition coefficient (Wildman–Crippen LogP) is 5.11. The summed E-state index contributed by atoms with van der Waals surface area (Å²) < 4.78 is 5.72. The molecule has 0 spiro atoms. The van der Waals surface area contributed by atoms with Crippen LogP contribution in [0.15, 0.2) is 66.1 Å². The summed E-state index contributed by atoms with van der Waals surface area (Å²) in [6.45, 7) is 8.42. The number of thioether (sulfide) groups is 1. The first kappa shape index (κ1) is 20.1. The summed E-state index contributed by atoms with van der Waals surface area (Å²) in [5.74, 6) is 1.67. The second kappa shape index (κ2) is 10.7. The van der Waals surface area contributed by atoms with Gasteiger partial charge in [-0.3, -0.25) is 4.79 Å². The summed E-state index contributed by atoms with van der Waals surface area (Å²) in [7, 11) is 0. The molecule has 0 aliphatic rings. The van der Waals surface area contributed by atoms with Crippen LogP contribution >= 0.6 is 11.8 Å². The number of hydrogen-bond acceptors (Lipinski definition) is 3. The van der Waals surface area contributed by atoms with Crippen molar-refractivity contribution in [2.45, 2.75) is 37.7 Å². The van der Waals surface area contributed by atoms with E-state index >= 15 is 0 Å². The van der Waals surface area contributed by atoms with Crippen LogP contribution in [0.5, 0.6) is 5.75 Å². The van der Waals surface area contributed by atoms with Gasteiger partial charge in [0, 0.05) is 17.2 Å². The highest BCUT2D eigenvalue weighted by Gasteiger charge is 2.10. The Kier molecular flexibility index (Phi) is 8.29. The first-order valence-corrected chi connectivity index (χ1v) is 9.95. The number of amides is 1. The molecule has 0 unspecified atom stereocenters. The van der Waals surface area contributed by atoms with Gasteiger partial charge in [-0.2, -0.15) is 0 Å². The largest absolute Gasteiger partial charge is 0.491 e. The molecular formula is C22H27NO2S. The van der Waals surface area contributed by atoms with Crippen molar-refractivity contribution in [3.63, 3.8) is 0 Å². The normalized spacial score (nSPS) is 10.6. The lowest BCUT2D eigenvalue weighted by Crippen LogP contribution is -2.25. The van der Waals surface area contributed by atoms with Gasteiger partial charge < -0.3 is 10.1 Å². The van der Waals surface area contributed by atoms with Crippen LogP contribution in [0.25, 0.3) is 0 Å². The maximum Gasteiger partial charge on any atom is 0.252 e. The minimum atomic E-state index is -0.0194. The molecule has 0 saturated carbocycles. The molecule has 1 amide bonds. The highest BCUT2D eigenvalue weighted by atomic mass is 32.2. The van der Waals surface area contributed by atoms with Crippen LogP contribution in [0.2, 0.25) is 0 Å². The van der Waals surface area contributed by atoms with Gasteiger partial charge >= 0.3 is 0 Å². The maximum atomic E-state index is 12.4. The molecule has 138 valence electrons. The third-order valence-electron chi connectivity index (χ3n) is 3.69. The Morgan fingerprint density at radius 2 is 2.04 bits per heavy atom.